The summed E-state index contributed by atoms with van der Waals surface area (Å²) in [5.41, 5.74) is -0.581. The van der Waals surface area contributed by atoms with E-state index in [1.54, 1.807) is 0 Å². The Kier molecular flexibility index (Phi) is 3.93. The zero-order valence-electron chi connectivity index (χ0n) is 8.19. The maximum Gasteiger partial charge on any atom is 0.267 e. The van der Waals surface area contributed by atoms with Gasteiger partial charge in [0, 0.05) is 11.4 Å². The molecule has 0 aromatic rings. The van der Waals surface area contributed by atoms with Gasteiger partial charge in [-0.2, -0.15) is 0 Å². The summed E-state index contributed by atoms with van der Waals surface area (Å²) >= 11 is 0. The molecule has 0 radical (unpaired) electrons. The van der Waals surface area contributed by atoms with Gasteiger partial charge in [0.25, 0.3) is 6.71 Å². The molecule has 0 spiro atoms. The highest BCUT2D eigenvalue weighted by atomic mass is 16.3. The minimum Gasteiger partial charge on any atom is -0.396 e. The summed E-state index contributed by atoms with van der Waals surface area (Å²) in [5, 5.41) is 36.4. The first-order chi connectivity index (χ1) is 6.68. The van der Waals surface area contributed by atoms with Gasteiger partial charge in [-0.05, 0) is 12.8 Å². The first-order valence-electron chi connectivity index (χ1n) is 4.98. The fraction of sp³-hybridized carbons (Fsp3) is 0.889. The van der Waals surface area contributed by atoms with Crippen LogP contribution in [-0.2, 0) is 0 Å². The number of hydrogen-bond donors (Lipinski definition) is 3. The highest BCUT2D eigenvalue weighted by Crippen LogP contribution is 2.39. The van der Waals surface area contributed by atoms with E-state index in [0.29, 0.717) is 25.5 Å². The monoisotopic (exact) mass is 197 g/mol. The summed E-state index contributed by atoms with van der Waals surface area (Å²) in [6.07, 6.45) is 1.77. The van der Waals surface area contributed by atoms with Crippen molar-refractivity contribution < 1.29 is 15.3 Å². The maximum atomic E-state index is 9.60. The molecule has 0 aromatic heterocycles. The summed E-state index contributed by atoms with van der Waals surface area (Å²) in [6.45, 7) is -0.398. The van der Waals surface area contributed by atoms with Crippen LogP contribution in [0, 0.1) is 16.6 Å². The molecule has 1 heterocycles. The third-order valence-electron chi connectivity index (χ3n) is 3.36. The zero-order chi connectivity index (χ0) is 10.6. The van der Waals surface area contributed by atoms with Crippen LogP contribution in [0.5, 0.6) is 0 Å². The molecule has 78 valence electrons. The van der Waals surface area contributed by atoms with Gasteiger partial charge in [0.2, 0.25) is 0 Å². The van der Waals surface area contributed by atoms with Crippen molar-refractivity contribution in [1.29, 1.82) is 5.26 Å². The molecule has 1 saturated heterocycles. The Morgan fingerprint density at radius 2 is 1.93 bits per heavy atom. The van der Waals surface area contributed by atoms with E-state index in [1.165, 1.54) is 0 Å². The molecular formula is C9H16BNO3. The van der Waals surface area contributed by atoms with Crippen molar-refractivity contribution in [3.8, 4) is 5.97 Å². The van der Waals surface area contributed by atoms with E-state index in [4.69, 9.17) is 10.4 Å². The van der Waals surface area contributed by atoms with E-state index >= 15 is 0 Å². The van der Waals surface area contributed by atoms with Crippen LogP contribution < -0.4 is 0 Å². The predicted molar refractivity (Wildman–Crippen MR) is 52.8 cm³/mol. The minimum absolute atomic E-state index is 0.0422. The SMILES string of the molecule is N#CB1CCC(CO)(C(O)CO)CC1. The predicted octanol–water partition coefficient (Wildman–Crippen LogP) is -0.330. The fourth-order valence-electron chi connectivity index (χ4n) is 2.11. The van der Waals surface area contributed by atoms with Gasteiger partial charge in [0.05, 0.1) is 19.3 Å². The molecule has 1 aliphatic heterocycles. The number of nitriles is 1. The van der Waals surface area contributed by atoms with Crippen LogP contribution in [-0.4, -0.2) is 41.4 Å². The smallest absolute Gasteiger partial charge is 0.267 e. The van der Waals surface area contributed by atoms with Crippen molar-refractivity contribution in [2.75, 3.05) is 13.2 Å². The lowest BCUT2D eigenvalue weighted by Crippen LogP contribution is -2.44. The van der Waals surface area contributed by atoms with Gasteiger partial charge in [-0.1, -0.05) is 12.6 Å². The molecule has 5 heteroatoms. The molecule has 0 saturated carbocycles. The van der Waals surface area contributed by atoms with Crippen LogP contribution in [0.1, 0.15) is 12.8 Å². The second-order valence-electron chi connectivity index (χ2n) is 4.12. The molecule has 0 amide bonds. The summed E-state index contributed by atoms with van der Waals surface area (Å²) in [7, 11) is 0. The Bertz CT molecular complexity index is 221. The number of aliphatic hydroxyl groups is 3. The standard InChI is InChI=1S/C9H16BNO3/c11-7-10-3-1-9(6-13,2-4-10)8(14)5-12/h8,12-14H,1-6H2. The summed E-state index contributed by atoms with van der Waals surface area (Å²) in [5.74, 6) is 2.20. The van der Waals surface area contributed by atoms with Gasteiger partial charge < -0.3 is 15.3 Å². The highest BCUT2D eigenvalue weighted by molar-refractivity contribution is 6.67. The normalized spacial score (nSPS) is 22.9. The number of rotatable bonds is 3. The van der Waals surface area contributed by atoms with Crippen LogP contribution in [0.15, 0.2) is 0 Å². The van der Waals surface area contributed by atoms with Gasteiger partial charge in [-0.25, -0.2) is 5.26 Å². The topological polar surface area (TPSA) is 84.5 Å². The molecule has 1 rings (SSSR count). The third kappa shape index (κ3) is 2.09. The molecule has 14 heavy (non-hydrogen) atoms. The Balaban J connectivity index is 2.62. The van der Waals surface area contributed by atoms with Crippen molar-refractivity contribution in [3.05, 3.63) is 0 Å². The molecule has 0 aromatic carbocycles. The van der Waals surface area contributed by atoms with Crippen LogP contribution in [0.25, 0.3) is 0 Å². The number of aliphatic hydroxyl groups excluding tert-OH is 3. The lowest BCUT2D eigenvalue weighted by Gasteiger charge is -2.39. The summed E-state index contributed by atoms with van der Waals surface area (Å²) in [4.78, 5) is 0. The molecule has 1 fully saturated rings. The van der Waals surface area contributed by atoms with Crippen LogP contribution >= 0.6 is 0 Å². The molecule has 3 N–H and O–H groups in total. The Hall–Kier alpha value is -0.565. The van der Waals surface area contributed by atoms with Gasteiger partial charge in [-0.15, -0.1) is 0 Å². The van der Waals surface area contributed by atoms with Crippen LogP contribution in [0.2, 0.25) is 12.6 Å². The fourth-order valence-corrected chi connectivity index (χ4v) is 2.11. The van der Waals surface area contributed by atoms with E-state index in [1.807, 2.05) is 0 Å². The molecule has 1 atom stereocenters. The van der Waals surface area contributed by atoms with E-state index in [2.05, 4.69) is 5.97 Å². The average Bonchev–Trinajstić information content (AvgIpc) is 2.28. The summed E-state index contributed by atoms with van der Waals surface area (Å²) in [6, 6.07) is 0. The van der Waals surface area contributed by atoms with Crippen molar-refractivity contribution >= 4 is 6.71 Å². The average molecular weight is 197 g/mol. The van der Waals surface area contributed by atoms with Crippen molar-refractivity contribution in [3.63, 3.8) is 0 Å². The van der Waals surface area contributed by atoms with Crippen molar-refractivity contribution in [1.82, 2.24) is 0 Å². The second kappa shape index (κ2) is 4.78. The molecule has 0 aliphatic carbocycles. The lowest BCUT2D eigenvalue weighted by atomic mass is 9.39. The highest BCUT2D eigenvalue weighted by Gasteiger charge is 2.41. The summed E-state index contributed by atoms with van der Waals surface area (Å²) < 4.78 is 0. The first-order valence-corrected chi connectivity index (χ1v) is 4.98. The van der Waals surface area contributed by atoms with Crippen molar-refractivity contribution in [2.45, 2.75) is 31.6 Å². The lowest BCUT2D eigenvalue weighted by molar-refractivity contribution is -0.0538. The molecule has 4 nitrogen and oxygen atoms in total. The van der Waals surface area contributed by atoms with E-state index in [-0.39, 0.29) is 19.9 Å². The quantitative estimate of drug-likeness (QED) is 0.541. The van der Waals surface area contributed by atoms with Gasteiger partial charge in [0.15, 0.2) is 0 Å². The van der Waals surface area contributed by atoms with Gasteiger partial charge in [0.1, 0.15) is 0 Å². The Labute approximate surface area is 84.3 Å². The van der Waals surface area contributed by atoms with E-state index < -0.39 is 11.5 Å². The van der Waals surface area contributed by atoms with Gasteiger partial charge >= 0.3 is 0 Å². The number of nitrogens with zero attached hydrogens (tertiary/aromatic N) is 1. The van der Waals surface area contributed by atoms with Crippen LogP contribution in [0.4, 0.5) is 0 Å². The van der Waals surface area contributed by atoms with Crippen LogP contribution in [0.3, 0.4) is 0 Å². The largest absolute Gasteiger partial charge is 0.396 e. The third-order valence-corrected chi connectivity index (χ3v) is 3.36. The van der Waals surface area contributed by atoms with Crippen molar-refractivity contribution in [2.24, 2.45) is 5.41 Å². The molecule has 0 bridgehead atoms. The zero-order valence-corrected chi connectivity index (χ0v) is 8.19. The van der Waals surface area contributed by atoms with E-state index in [0.717, 1.165) is 0 Å². The Morgan fingerprint density at radius 1 is 1.36 bits per heavy atom. The maximum absolute atomic E-state index is 9.60. The second-order valence-corrected chi connectivity index (χ2v) is 4.12. The molecule has 1 aliphatic rings. The molecule has 1 unspecified atom stereocenters. The van der Waals surface area contributed by atoms with E-state index in [9.17, 15) is 10.2 Å². The minimum atomic E-state index is -0.868. The first kappa shape index (κ1) is 11.5. The van der Waals surface area contributed by atoms with Gasteiger partial charge in [-0.3, -0.25) is 0 Å². The number of hydrogen-bond acceptors (Lipinski definition) is 4. The Morgan fingerprint density at radius 3 is 2.29 bits per heavy atom. The molecular weight excluding hydrogens is 181 g/mol.